The van der Waals surface area contributed by atoms with Crippen molar-refractivity contribution < 1.29 is 26.0 Å². The first-order valence-corrected chi connectivity index (χ1v) is 6.05. The Bertz CT molecular complexity index is 553. The number of hydrogen-bond acceptors (Lipinski definition) is 2. The van der Waals surface area contributed by atoms with Gasteiger partial charge in [0.1, 0.15) is 5.82 Å². The lowest BCUT2D eigenvalue weighted by Crippen LogP contribution is -2.39. The summed E-state index contributed by atoms with van der Waals surface area (Å²) in [5.74, 6) is -0.692. The maximum absolute atomic E-state index is 13.2. The van der Waals surface area contributed by atoms with Crippen LogP contribution >= 0.6 is 0 Å². The van der Waals surface area contributed by atoms with Gasteiger partial charge in [0, 0.05) is 12.1 Å². The van der Waals surface area contributed by atoms with Crippen molar-refractivity contribution in [2.45, 2.75) is 11.9 Å². The van der Waals surface area contributed by atoms with Crippen LogP contribution in [0.2, 0.25) is 0 Å². The second-order valence-corrected chi connectivity index (χ2v) is 5.36. The molecule has 0 spiro atoms. The van der Waals surface area contributed by atoms with E-state index in [1.54, 1.807) is 0 Å². The molecule has 3 nitrogen and oxygen atoms in total. The largest absolute Gasteiger partial charge is 0.516 e. The number of nitrogens with zero attached hydrogens (tertiary/aromatic N) is 1. The van der Waals surface area contributed by atoms with E-state index in [0.717, 1.165) is 12.1 Å². The number of benzene rings is 1. The molecule has 1 aliphatic heterocycles. The third-order valence-corrected chi connectivity index (χ3v) is 4.05. The van der Waals surface area contributed by atoms with Crippen LogP contribution in [0.4, 0.5) is 23.2 Å². The molecule has 0 atom stereocenters. The molecule has 2 rings (SSSR count). The number of alkyl halides is 3. The van der Waals surface area contributed by atoms with Crippen molar-refractivity contribution in [2.24, 2.45) is 0 Å². The SMILES string of the molecule is O=S(=O)(N1CCc2c(F)cccc21)C(F)(F)F. The molecule has 0 saturated carbocycles. The Hall–Kier alpha value is -1.31. The van der Waals surface area contributed by atoms with Gasteiger partial charge in [0.2, 0.25) is 0 Å². The Balaban J connectivity index is 2.52. The quantitative estimate of drug-likeness (QED) is 0.732. The average molecular weight is 269 g/mol. The first-order valence-electron chi connectivity index (χ1n) is 4.61. The van der Waals surface area contributed by atoms with E-state index in [9.17, 15) is 26.0 Å². The molecule has 0 saturated heterocycles. The minimum Gasteiger partial charge on any atom is -0.262 e. The number of hydrogen-bond donors (Lipinski definition) is 0. The molecule has 0 radical (unpaired) electrons. The molecule has 0 fully saturated rings. The normalized spacial score (nSPS) is 16.1. The molecule has 94 valence electrons. The van der Waals surface area contributed by atoms with Gasteiger partial charge in [-0.05, 0) is 18.6 Å². The monoisotopic (exact) mass is 269 g/mol. The summed E-state index contributed by atoms with van der Waals surface area (Å²) >= 11 is 0. The van der Waals surface area contributed by atoms with Gasteiger partial charge in [0.05, 0.1) is 5.69 Å². The predicted octanol–water partition coefficient (Wildman–Crippen LogP) is 2.04. The molecule has 1 heterocycles. The molecule has 0 aromatic heterocycles. The van der Waals surface area contributed by atoms with Crippen molar-refractivity contribution in [2.75, 3.05) is 10.8 Å². The summed E-state index contributed by atoms with van der Waals surface area (Å²) in [5.41, 5.74) is -5.61. The molecule has 0 aliphatic carbocycles. The van der Waals surface area contributed by atoms with Crippen LogP contribution in [0.1, 0.15) is 5.56 Å². The number of halogens is 4. The molecule has 1 aromatic carbocycles. The second-order valence-electron chi connectivity index (χ2n) is 3.51. The minimum absolute atomic E-state index is 0.000301. The van der Waals surface area contributed by atoms with Crippen molar-refractivity contribution in [1.29, 1.82) is 0 Å². The Morgan fingerprint density at radius 2 is 1.88 bits per heavy atom. The Kier molecular flexibility index (Phi) is 2.57. The summed E-state index contributed by atoms with van der Waals surface area (Å²) in [6.07, 6.45) is -0.0582. The van der Waals surface area contributed by atoms with E-state index in [1.165, 1.54) is 6.07 Å². The van der Waals surface area contributed by atoms with Crippen LogP contribution in [-0.4, -0.2) is 20.5 Å². The highest BCUT2D eigenvalue weighted by atomic mass is 32.2. The minimum atomic E-state index is -5.44. The summed E-state index contributed by atoms with van der Waals surface area (Å²) in [7, 11) is -5.44. The van der Waals surface area contributed by atoms with Gasteiger partial charge >= 0.3 is 15.5 Å². The summed E-state index contributed by atoms with van der Waals surface area (Å²) in [6.45, 7) is -0.391. The number of fused-ring (bicyclic) bond motifs is 1. The third kappa shape index (κ3) is 1.76. The van der Waals surface area contributed by atoms with Crippen LogP contribution in [-0.2, 0) is 16.4 Å². The smallest absolute Gasteiger partial charge is 0.262 e. The first-order chi connectivity index (χ1) is 7.75. The van der Waals surface area contributed by atoms with Crippen LogP contribution in [0.25, 0.3) is 0 Å². The lowest BCUT2D eigenvalue weighted by Gasteiger charge is -2.20. The van der Waals surface area contributed by atoms with Gasteiger partial charge in [-0.25, -0.2) is 4.39 Å². The standard InChI is InChI=1S/C9H7F4NO2S/c10-7-2-1-3-8-6(7)4-5-14(8)17(15,16)9(11,12)13/h1-3H,4-5H2. The van der Waals surface area contributed by atoms with Crippen LogP contribution in [0.15, 0.2) is 18.2 Å². The van der Waals surface area contributed by atoms with Crippen molar-refractivity contribution in [1.82, 2.24) is 0 Å². The predicted molar refractivity (Wildman–Crippen MR) is 52.4 cm³/mol. The number of sulfonamides is 1. The van der Waals surface area contributed by atoms with E-state index < -0.39 is 27.9 Å². The Labute approximate surface area is 94.7 Å². The number of anilines is 1. The van der Waals surface area contributed by atoms with E-state index in [-0.39, 0.29) is 22.0 Å². The maximum Gasteiger partial charge on any atom is 0.516 e. The molecule has 1 aliphatic rings. The van der Waals surface area contributed by atoms with E-state index >= 15 is 0 Å². The van der Waals surface area contributed by atoms with Gasteiger partial charge < -0.3 is 0 Å². The van der Waals surface area contributed by atoms with Crippen molar-refractivity contribution >= 4 is 15.7 Å². The zero-order valence-electron chi connectivity index (χ0n) is 8.33. The van der Waals surface area contributed by atoms with Crippen LogP contribution < -0.4 is 4.31 Å². The van der Waals surface area contributed by atoms with Crippen molar-refractivity contribution in [3.63, 3.8) is 0 Å². The fourth-order valence-electron chi connectivity index (χ4n) is 1.74. The number of rotatable bonds is 1. The van der Waals surface area contributed by atoms with Gasteiger partial charge in [-0.1, -0.05) is 6.07 Å². The van der Waals surface area contributed by atoms with Gasteiger partial charge in [0.25, 0.3) is 0 Å². The molecule has 0 N–H and O–H groups in total. The molecule has 0 bridgehead atoms. The van der Waals surface area contributed by atoms with Gasteiger partial charge in [-0.15, -0.1) is 0 Å². The molecule has 0 unspecified atom stereocenters. The zero-order valence-corrected chi connectivity index (χ0v) is 9.15. The summed E-state index contributed by atoms with van der Waals surface area (Å²) in [6, 6.07) is 3.43. The molecule has 8 heteroatoms. The highest BCUT2D eigenvalue weighted by Gasteiger charge is 2.51. The highest BCUT2D eigenvalue weighted by Crippen LogP contribution is 2.37. The zero-order chi connectivity index (χ0) is 12.8. The van der Waals surface area contributed by atoms with E-state index in [4.69, 9.17) is 0 Å². The molecular weight excluding hydrogens is 262 g/mol. The molecule has 0 amide bonds. The summed E-state index contributed by atoms with van der Waals surface area (Å²) in [4.78, 5) is 0. The summed E-state index contributed by atoms with van der Waals surface area (Å²) < 4.78 is 72.9. The summed E-state index contributed by atoms with van der Waals surface area (Å²) in [5, 5.41) is 0. The fraction of sp³-hybridized carbons (Fsp3) is 0.333. The maximum atomic E-state index is 13.2. The van der Waals surface area contributed by atoms with Crippen molar-refractivity contribution in [3.8, 4) is 0 Å². The third-order valence-electron chi connectivity index (χ3n) is 2.51. The molecule has 17 heavy (non-hydrogen) atoms. The van der Waals surface area contributed by atoms with E-state index in [2.05, 4.69) is 0 Å². The van der Waals surface area contributed by atoms with E-state index in [1.807, 2.05) is 0 Å². The average Bonchev–Trinajstić information content (AvgIpc) is 2.61. The molecular formula is C9H7F4NO2S. The van der Waals surface area contributed by atoms with Crippen LogP contribution in [0.5, 0.6) is 0 Å². The lowest BCUT2D eigenvalue weighted by atomic mass is 10.1. The van der Waals surface area contributed by atoms with Gasteiger partial charge in [-0.2, -0.15) is 21.6 Å². The van der Waals surface area contributed by atoms with Crippen molar-refractivity contribution in [3.05, 3.63) is 29.6 Å². The van der Waals surface area contributed by atoms with E-state index in [0.29, 0.717) is 0 Å². The highest BCUT2D eigenvalue weighted by molar-refractivity contribution is 7.93. The lowest BCUT2D eigenvalue weighted by molar-refractivity contribution is -0.0437. The van der Waals surface area contributed by atoms with Crippen LogP contribution in [0.3, 0.4) is 0 Å². The Morgan fingerprint density at radius 3 is 2.47 bits per heavy atom. The second kappa shape index (κ2) is 3.59. The molecule has 1 aromatic rings. The fourth-order valence-corrected chi connectivity index (χ4v) is 2.75. The first kappa shape index (κ1) is 12.2. The van der Waals surface area contributed by atoms with Gasteiger partial charge in [-0.3, -0.25) is 4.31 Å². The van der Waals surface area contributed by atoms with Crippen LogP contribution in [0, 0.1) is 5.82 Å². The topological polar surface area (TPSA) is 37.4 Å². The Morgan fingerprint density at radius 1 is 1.24 bits per heavy atom. The van der Waals surface area contributed by atoms with Gasteiger partial charge in [0.15, 0.2) is 0 Å².